The number of thiazole rings is 1. The van der Waals surface area contributed by atoms with E-state index >= 15 is 0 Å². The number of ether oxygens (including phenoxy) is 1. The van der Waals surface area contributed by atoms with E-state index in [2.05, 4.69) is 18.4 Å². The summed E-state index contributed by atoms with van der Waals surface area (Å²) in [7, 11) is 0. The lowest BCUT2D eigenvalue weighted by molar-refractivity contribution is -0.921. The van der Waals surface area contributed by atoms with Crippen molar-refractivity contribution < 1.29 is 14.4 Å². The number of hydrogen-bond acceptors (Lipinski definition) is 4. The number of carbonyl (C=O) groups excluding carboxylic acids is 1. The van der Waals surface area contributed by atoms with Gasteiger partial charge in [0.05, 0.1) is 18.9 Å². The smallest absolute Gasteiger partial charge is 0.230 e. The van der Waals surface area contributed by atoms with Crippen molar-refractivity contribution in [2.45, 2.75) is 27.3 Å². The summed E-state index contributed by atoms with van der Waals surface area (Å²) >= 11 is 1.53. The predicted octanol–water partition coefficient (Wildman–Crippen LogP) is 1.86. The molecule has 5 nitrogen and oxygen atoms in total. The molecule has 6 heteroatoms. The number of amides is 1. The van der Waals surface area contributed by atoms with Crippen molar-refractivity contribution in [1.82, 2.24) is 4.98 Å². The van der Waals surface area contributed by atoms with Crippen LogP contribution in [-0.4, -0.2) is 37.2 Å². The summed E-state index contributed by atoms with van der Waals surface area (Å²) in [6, 6.07) is 6.13. The summed E-state index contributed by atoms with van der Waals surface area (Å²) in [5.74, 6) is -0.0124. The van der Waals surface area contributed by atoms with Crippen LogP contribution in [0.15, 0.2) is 23.6 Å². The molecule has 3 rings (SSSR count). The predicted molar refractivity (Wildman–Crippen MR) is 96.1 cm³/mol. The van der Waals surface area contributed by atoms with Crippen LogP contribution in [-0.2, 0) is 16.1 Å². The maximum absolute atomic E-state index is 12.3. The number of morpholine rings is 1. The van der Waals surface area contributed by atoms with E-state index in [1.807, 2.05) is 19.1 Å². The minimum Gasteiger partial charge on any atom is -0.370 e. The molecule has 0 unspecified atom stereocenters. The average molecular weight is 346 g/mol. The first-order chi connectivity index (χ1) is 11.5. The zero-order valence-corrected chi connectivity index (χ0v) is 15.3. The zero-order valence-electron chi connectivity index (χ0n) is 14.5. The van der Waals surface area contributed by atoms with Crippen molar-refractivity contribution in [2.75, 3.05) is 31.2 Å². The second-order valence-electron chi connectivity index (χ2n) is 6.30. The summed E-state index contributed by atoms with van der Waals surface area (Å²) in [6.45, 7) is 10.2. The summed E-state index contributed by atoms with van der Waals surface area (Å²) in [5.41, 5.74) is 4.23. The molecular formula is C18H24N3O2S+. The van der Waals surface area contributed by atoms with Crippen LogP contribution in [0, 0.1) is 13.8 Å². The maximum Gasteiger partial charge on any atom is 0.230 e. The van der Waals surface area contributed by atoms with Crippen molar-refractivity contribution >= 4 is 28.1 Å². The third-order valence-electron chi connectivity index (χ3n) is 4.27. The molecule has 0 bridgehead atoms. The highest BCUT2D eigenvalue weighted by Gasteiger charge is 2.21. The van der Waals surface area contributed by atoms with Gasteiger partial charge in [-0.15, -0.1) is 11.3 Å². The molecule has 1 N–H and O–H groups in total. The number of benzene rings is 1. The number of rotatable bonds is 4. The highest BCUT2D eigenvalue weighted by Crippen LogP contribution is 2.31. The Bertz CT molecular complexity index is 723. The Labute approximate surface area is 146 Å². The molecule has 0 radical (unpaired) electrons. The first kappa shape index (κ1) is 17.1. The van der Waals surface area contributed by atoms with E-state index in [4.69, 9.17) is 9.72 Å². The van der Waals surface area contributed by atoms with E-state index in [0.717, 1.165) is 54.9 Å². The summed E-state index contributed by atoms with van der Waals surface area (Å²) in [6.07, 6.45) is 0. The van der Waals surface area contributed by atoms with E-state index in [1.54, 1.807) is 11.8 Å². The normalized spacial score (nSPS) is 15.5. The van der Waals surface area contributed by atoms with Crippen molar-refractivity contribution in [3.63, 3.8) is 0 Å². The van der Waals surface area contributed by atoms with E-state index in [9.17, 15) is 4.79 Å². The minimum atomic E-state index is -0.0124. The lowest BCUT2D eigenvalue weighted by atomic mass is 10.1. The molecule has 24 heavy (non-hydrogen) atoms. The summed E-state index contributed by atoms with van der Waals surface area (Å²) < 4.78 is 5.40. The van der Waals surface area contributed by atoms with Gasteiger partial charge in [0.15, 0.2) is 5.13 Å². The second kappa shape index (κ2) is 7.42. The molecule has 0 atom stereocenters. The van der Waals surface area contributed by atoms with Crippen molar-refractivity contribution in [2.24, 2.45) is 0 Å². The number of hydrogen-bond donors (Lipinski definition) is 1. The highest BCUT2D eigenvalue weighted by molar-refractivity contribution is 7.14. The molecule has 1 saturated heterocycles. The first-order valence-corrected chi connectivity index (χ1v) is 9.16. The van der Waals surface area contributed by atoms with E-state index < -0.39 is 0 Å². The fraction of sp³-hybridized carbons (Fsp3) is 0.444. The Morgan fingerprint density at radius 1 is 1.33 bits per heavy atom. The molecule has 1 aromatic carbocycles. The standard InChI is InChI=1S/C18H23N3O2S/c1-13-4-5-17(14(2)10-13)21(15(3)22)18-19-16(12-24-18)11-20-6-8-23-9-7-20/h4-5,10,12H,6-9,11H2,1-3H3/p+1. The number of nitrogens with one attached hydrogen (secondary N) is 1. The monoisotopic (exact) mass is 346 g/mol. The van der Waals surface area contributed by atoms with E-state index in [0.29, 0.717) is 0 Å². The van der Waals surface area contributed by atoms with Gasteiger partial charge in [-0.1, -0.05) is 17.7 Å². The molecule has 128 valence electrons. The lowest BCUT2D eigenvalue weighted by Crippen LogP contribution is -3.12. The quantitative estimate of drug-likeness (QED) is 0.919. The third-order valence-corrected chi connectivity index (χ3v) is 5.14. The molecule has 1 aliphatic heterocycles. The van der Waals surface area contributed by atoms with Gasteiger partial charge in [0.1, 0.15) is 25.3 Å². The molecule has 1 amide bonds. The van der Waals surface area contributed by atoms with Crippen LogP contribution in [0.2, 0.25) is 0 Å². The summed E-state index contributed by atoms with van der Waals surface area (Å²) in [4.78, 5) is 20.2. The Balaban J connectivity index is 1.83. The SMILES string of the molecule is CC(=O)N(c1nc(C[NH+]2CCOCC2)cs1)c1ccc(C)cc1C. The van der Waals surface area contributed by atoms with Gasteiger partial charge in [0.25, 0.3) is 0 Å². The number of aryl methyl sites for hydroxylation is 2. The van der Waals surface area contributed by atoms with Gasteiger partial charge in [-0.05, 0) is 25.5 Å². The third kappa shape index (κ3) is 3.83. The highest BCUT2D eigenvalue weighted by atomic mass is 32.1. The topological polar surface area (TPSA) is 46.9 Å². The number of nitrogens with zero attached hydrogens (tertiary/aromatic N) is 2. The Hall–Kier alpha value is -1.76. The largest absolute Gasteiger partial charge is 0.370 e. The van der Waals surface area contributed by atoms with Gasteiger partial charge in [0, 0.05) is 12.3 Å². The first-order valence-electron chi connectivity index (χ1n) is 8.28. The van der Waals surface area contributed by atoms with Crippen LogP contribution < -0.4 is 9.80 Å². The fourth-order valence-electron chi connectivity index (χ4n) is 3.04. The van der Waals surface area contributed by atoms with Gasteiger partial charge < -0.3 is 9.64 Å². The molecular weight excluding hydrogens is 322 g/mol. The fourth-order valence-corrected chi connectivity index (χ4v) is 3.92. The van der Waals surface area contributed by atoms with Gasteiger partial charge in [0.2, 0.25) is 5.91 Å². The van der Waals surface area contributed by atoms with Crippen LogP contribution in [0.3, 0.4) is 0 Å². The van der Waals surface area contributed by atoms with Crippen LogP contribution >= 0.6 is 11.3 Å². The van der Waals surface area contributed by atoms with Gasteiger partial charge in [-0.25, -0.2) is 4.98 Å². The number of aromatic nitrogens is 1. The van der Waals surface area contributed by atoms with Gasteiger partial charge in [-0.3, -0.25) is 9.69 Å². The molecule has 1 aromatic heterocycles. The second-order valence-corrected chi connectivity index (χ2v) is 7.14. The minimum absolute atomic E-state index is 0.0124. The molecule has 0 spiro atoms. The molecule has 0 aliphatic carbocycles. The molecule has 1 aliphatic rings. The number of anilines is 2. The van der Waals surface area contributed by atoms with Crippen LogP contribution in [0.25, 0.3) is 0 Å². The summed E-state index contributed by atoms with van der Waals surface area (Å²) in [5, 5.41) is 2.81. The van der Waals surface area contributed by atoms with E-state index in [1.165, 1.54) is 21.8 Å². The molecule has 1 fully saturated rings. The lowest BCUT2D eigenvalue weighted by Gasteiger charge is -2.23. The maximum atomic E-state index is 12.3. The number of carbonyl (C=O) groups is 1. The average Bonchev–Trinajstić information content (AvgIpc) is 2.98. The van der Waals surface area contributed by atoms with Crippen molar-refractivity contribution in [3.05, 3.63) is 40.4 Å². The molecule has 0 saturated carbocycles. The Morgan fingerprint density at radius 2 is 2.08 bits per heavy atom. The number of quaternary nitrogens is 1. The van der Waals surface area contributed by atoms with Crippen LogP contribution in [0.4, 0.5) is 10.8 Å². The van der Waals surface area contributed by atoms with Gasteiger partial charge >= 0.3 is 0 Å². The molecule has 2 aromatic rings. The van der Waals surface area contributed by atoms with Crippen LogP contribution in [0.5, 0.6) is 0 Å². The van der Waals surface area contributed by atoms with E-state index in [-0.39, 0.29) is 5.91 Å². The zero-order chi connectivity index (χ0) is 17.1. The van der Waals surface area contributed by atoms with Gasteiger partial charge in [-0.2, -0.15) is 0 Å². The molecule has 2 heterocycles. The Morgan fingerprint density at radius 3 is 2.75 bits per heavy atom. The van der Waals surface area contributed by atoms with Crippen molar-refractivity contribution in [3.8, 4) is 0 Å². The van der Waals surface area contributed by atoms with Crippen molar-refractivity contribution in [1.29, 1.82) is 0 Å². The van der Waals surface area contributed by atoms with Crippen LogP contribution in [0.1, 0.15) is 23.7 Å². The Kier molecular flexibility index (Phi) is 5.28.